The van der Waals surface area contributed by atoms with E-state index in [4.69, 9.17) is 4.52 Å². The van der Waals surface area contributed by atoms with Crippen molar-refractivity contribution in [3.63, 3.8) is 0 Å². The predicted octanol–water partition coefficient (Wildman–Crippen LogP) is 3.14. The summed E-state index contributed by atoms with van der Waals surface area (Å²) >= 11 is 0. The molecule has 7 heteroatoms. The third-order valence-corrected chi connectivity index (χ3v) is 2.59. The Morgan fingerprint density at radius 3 is 2.55 bits per heavy atom. The smallest absolute Gasteiger partial charge is 0.385 e. The highest BCUT2D eigenvalue weighted by molar-refractivity contribution is 5.44. The van der Waals surface area contributed by atoms with E-state index >= 15 is 0 Å². The van der Waals surface area contributed by atoms with E-state index in [2.05, 4.69) is 15.5 Å². The molecule has 108 valence electrons. The Labute approximate surface area is 114 Å². The van der Waals surface area contributed by atoms with Gasteiger partial charge in [0.15, 0.2) is 5.82 Å². The topological polar surface area (TPSA) is 51.0 Å². The monoisotopic (exact) mass is 285 g/mol. The second kappa shape index (κ2) is 5.94. The van der Waals surface area contributed by atoms with Crippen LogP contribution in [-0.2, 0) is 12.8 Å². The molecule has 0 atom stereocenters. The second-order valence-electron chi connectivity index (χ2n) is 4.44. The molecule has 0 bridgehead atoms. The van der Waals surface area contributed by atoms with Gasteiger partial charge in [0.1, 0.15) is 6.42 Å². The van der Waals surface area contributed by atoms with Crippen molar-refractivity contribution in [3.8, 4) is 0 Å². The average molecular weight is 285 g/mol. The van der Waals surface area contributed by atoms with E-state index in [-0.39, 0.29) is 11.7 Å². The summed E-state index contributed by atoms with van der Waals surface area (Å²) in [5.41, 5.74) is 2.09. The molecule has 1 heterocycles. The number of aromatic nitrogens is 2. The van der Waals surface area contributed by atoms with Gasteiger partial charge in [-0.2, -0.15) is 18.2 Å². The van der Waals surface area contributed by atoms with Crippen molar-refractivity contribution in [2.45, 2.75) is 25.9 Å². The first-order valence-electron chi connectivity index (χ1n) is 6.11. The minimum atomic E-state index is -4.32. The molecule has 1 aromatic carbocycles. The van der Waals surface area contributed by atoms with Crippen LogP contribution in [0.5, 0.6) is 0 Å². The van der Waals surface area contributed by atoms with Gasteiger partial charge in [-0.1, -0.05) is 22.9 Å². The lowest BCUT2D eigenvalue weighted by molar-refractivity contribution is -0.128. The van der Waals surface area contributed by atoms with Crippen molar-refractivity contribution in [2.24, 2.45) is 0 Å². The zero-order valence-electron chi connectivity index (χ0n) is 10.9. The molecule has 0 spiro atoms. The number of hydrogen-bond acceptors (Lipinski definition) is 4. The highest BCUT2D eigenvalue weighted by Crippen LogP contribution is 2.19. The number of benzene rings is 1. The van der Waals surface area contributed by atoms with Gasteiger partial charge in [-0.05, 0) is 19.1 Å². The van der Waals surface area contributed by atoms with E-state index in [0.717, 1.165) is 11.3 Å². The van der Waals surface area contributed by atoms with E-state index < -0.39 is 12.6 Å². The quantitative estimate of drug-likeness (QED) is 0.917. The summed E-state index contributed by atoms with van der Waals surface area (Å²) < 4.78 is 41.1. The van der Waals surface area contributed by atoms with Crippen molar-refractivity contribution >= 4 is 5.69 Å². The lowest BCUT2D eigenvalue weighted by Crippen LogP contribution is -2.12. The predicted molar refractivity (Wildman–Crippen MR) is 67.4 cm³/mol. The summed E-state index contributed by atoms with van der Waals surface area (Å²) in [6.07, 6.45) is -5.11. The fourth-order valence-corrected chi connectivity index (χ4v) is 1.63. The summed E-state index contributed by atoms with van der Waals surface area (Å²) in [4.78, 5) is 3.70. The molecule has 2 rings (SSSR count). The van der Waals surface area contributed by atoms with E-state index in [1.54, 1.807) is 0 Å². The van der Waals surface area contributed by atoms with Crippen molar-refractivity contribution < 1.29 is 17.7 Å². The first-order chi connectivity index (χ1) is 9.42. The first-order valence-corrected chi connectivity index (χ1v) is 6.11. The Hall–Kier alpha value is -2.05. The minimum absolute atomic E-state index is 0.198. The third-order valence-electron chi connectivity index (χ3n) is 2.59. The van der Waals surface area contributed by atoms with Gasteiger partial charge >= 0.3 is 6.18 Å². The Morgan fingerprint density at radius 1 is 1.20 bits per heavy atom. The van der Waals surface area contributed by atoms with Crippen molar-refractivity contribution in [3.05, 3.63) is 41.5 Å². The van der Waals surface area contributed by atoms with Gasteiger partial charge < -0.3 is 9.84 Å². The molecular weight excluding hydrogens is 271 g/mol. The average Bonchev–Trinajstić information content (AvgIpc) is 2.77. The van der Waals surface area contributed by atoms with Crippen LogP contribution in [-0.4, -0.2) is 22.9 Å². The Kier molecular flexibility index (Phi) is 4.26. The van der Waals surface area contributed by atoms with E-state index in [1.807, 2.05) is 31.2 Å². The highest BCUT2D eigenvalue weighted by atomic mass is 19.4. The molecule has 0 unspecified atom stereocenters. The van der Waals surface area contributed by atoms with Crippen LogP contribution in [0, 0.1) is 6.92 Å². The molecule has 1 aromatic heterocycles. The summed E-state index contributed by atoms with van der Waals surface area (Å²) in [5.74, 6) is -0.133. The van der Waals surface area contributed by atoms with Crippen molar-refractivity contribution in [2.75, 3.05) is 11.9 Å². The van der Waals surface area contributed by atoms with Gasteiger partial charge in [0.25, 0.3) is 0 Å². The molecule has 0 fully saturated rings. The fourth-order valence-electron chi connectivity index (χ4n) is 1.63. The SMILES string of the molecule is Cc1ccc(NCCc2nc(CC(F)(F)F)no2)cc1. The zero-order chi connectivity index (χ0) is 14.6. The molecule has 0 aliphatic rings. The fraction of sp³-hybridized carbons (Fsp3) is 0.385. The molecule has 0 aliphatic heterocycles. The highest BCUT2D eigenvalue weighted by Gasteiger charge is 2.30. The standard InChI is InChI=1S/C13H14F3N3O/c1-9-2-4-10(5-3-9)17-7-6-12-18-11(19-20-12)8-13(14,15)16/h2-5,17H,6-8H2,1H3. The van der Waals surface area contributed by atoms with Crippen molar-refractivity contribution in [1.82, 2.24) is 10.1 Å². The molecule has 20 heavy (non-hydrogen) atoms. The maximum atomic E-state index is 12.1. The maximum Gasteiger partial charge on any atom is 0.396 e. The van der Waals surface area contributed by atoms with Crippen LogP contribution >= 0.6 is 0 Å². The summed E-state index contributed by atoms with van der Waals surface area (Å²) in [6.45, 7) is 2.50. The Bertz CT molecular complexity index is 549. The number of anilines is 1. The Balaban J connectivity index is 1.81. The maximum absolute atomic E-state index is 12.1. The molecule has 0 radical (unpaired) electrons. The van der Waals surface area contributed by atoms with E-state index in [9.17, 15) is 13.2 Å². The first kappa shape index (κ1) is 14.4. The number of rotatable bonds is 5. The molecule has 0 saturated heterocycles. The molecule has 0 aliphatic carbocycles. The van der Waals surface area contributed by atoms with Gasteiger partial charge in [0, 0.05) is 18.7 Å². The largest absolute Gasteiger partial charge is 0.396 e. The summed E-state index contributed by atoms with van der Waals surface area (Å²) in [7, 11) is 0. The number of halogens is 3. The van der Waals surface area contributed by atoms with Crippen LogP contribution in [0.15, 0.2) is 28.8 Å². The lowest BCUT2D eigenvalue weighted by Gasteiger charge is -2.04. The Morgan fingerprint density at radius 2 is 1.90 bits per heavy atom. The van der Waals surface area contributed by atoms with E-state index in [0.29, 0.717) is 13.0 Å². The van der Waals surface area contributed by atoms with E-state index in [1.165, 1.54) is 0 Å². The normalized spacial score (nSPS) is 11.6. The van der Waals surface area contributed by atoms with Crippen LogP contribution in [0.25, 0.3) is 0 Å². The number of nitrogens with one attached hydrogen (secondary N) is 1. The van der Waals surface area contributed by atoms with Crippen LogP contribution in [0.1, 0.15) is 17.3 Å². The van der Waals surface area contributed by atoms with Crippen LogP contribution in [0.4, 0.5) is 18.9 Å². The van der Waals surface area contributed by atoms with Gasteiger partial charge in [0.2, 0.25) is 5.89 Å². The second-order valence-corrected chi connectivity index (χ2v) is 4.44. The molecule has 0 saturated carbocycles. The molecule has 0 amide bonds. The number of alkyl halides is 3. The van der Waals surface area contributed by atoms with Gasteiger partial charge in [0.05, 0.1) is 0 Å². The van der Waals surface area contributed by atoms with Crippen molar-refractivity contribution in [1.29, 1.82) is 0 Å². The third kappa shape index (κ3) is 4.56. The zero-order valence-corrected chi connectivity index (χ0v) is 10.9. The van der Waals surface area contributed by atoms with Crippen LogP contribution in [0.2, 0.25) is 0 Å². The lowest BCUT2D eigenvalue weighted by atomic mass is 10.2. The van der Waals surface area contributed by atoms with Gasteiger partial charge in [-0.15, -0.1) is 0 Å². The van der Waals surface area contributed by atoms with Gasteiger partial charge in [-0.3, -0.25) is 0 Å². The molecule has 4 nitrogen and oxygen atoms in total. The summed E-state index contributed by atoms with van der Waals surface area (Å²) in [6, 6.07) is 7.80. The van der Waals surface area contributed by atoms with Crippen LogP contribution < -0.4 is 5.32 Å². The number of nitrogens with zero attached hydrogens (tertiary/aromatic N) is 2. The summed E-state index contributed by atoms with van der Waals surface area (Å²) in [5, 5.41) is 6.43. The van der Waals surface area contributed by atoms with Gasteiger partial charge in [-0.25, -0.2) is 0 Å². The number of hydrogen-bond donors (Lipinski definition) is 1. The minimum Gasteiger partial charge on any atom is -0.385 e. The molecule has 1 N–H and O–H groups in total. The van der Waals surface area contributed by atoms with Crippen LogP contribution in [0.3, 0.4) is 0 Å². The molecule has 2 aromatic rings. The number of aryl methyl sites for hydroxylation is 1. The molecular formula is C13H14F3N3O.